The Labute approximate surface area is 146 Å². The van der Waals surface area contributed by atoms with Crippen LogP contribution in [0.2, 0.25) is 0 Å². The lowest BCUT2D eigenvalue weighted by Gasteiger charge is -2.33. The first-order valence-corrected chi connectivity index (χ1v) is 8.50. The van der Waals surface area contributed by atoms with Gasteiger partial charge in [0.2, 0.25) is 5.91 Å². The fraction of sp³-hybridized carbons (Fsp3) is 0.316. The van der Waals surface area contributed by atoms with E-state index in [9.17, 15) is 13.6 Å². The Morgan fingerprint density at radius 2 is 1.72 bits per heavy atom. The van der Waals surface area contributed by atoms with E-state index in [4.69, 9.17) is 0 Å². The average Bonchev–Trinajstić information content (AvgIpc) is 2.63. The van der Waals surface area contributed by atoms with Gasteiger partial charge in [0.15, 0.2) is 0 Å². The van der Waals surface area contributed by atoms with Crippen LogP contribution in [0.25, 0.3) is 0 Å². The Morgan fingerprint density at radius 1 is 1.04 bits per heavy atom. The molecule has 0 aliphatic carbocycles. The summed E-state index contributed by atoms with van der Waals surface area (Å²) in [5, 5.41) is 2.77. The number of hydrogen-bond donors (Lipinski definition) is 2. The molecule has 1 amide bonds. The molecule has 6 heteroatoms. The van der Waals surface area contributed by atoms with Crippen LogP contribution in [0.1, 0.15) is 6.42 Å². The summed E-state index contributed by atoms with van der Waals surface area (Å²) >= 11 is 0. The molecular weight excluding hydrogens is 324 g/mol. The normalized spacial score (nSPS) is 15.2. The maximum Gasteiger partial charge on any atom is 0.230 e. The number of benzene rings is 2. The van der Waals surface area contributed by atoms with Crippen molar-refractivity contribution in [1.29, 1.82) is 0 Å². The third-order valence-corrected chi connectivity index (χ3v) is 4.50. The molecule has 1 saturated heterocycles. The lowest BCUT2D eigenvalue weighted by atomic mass is 10.2. The van der Waals surface area contributed by atoms with Gasteiger partial charge in [0.25, 0.3) is 0 Å². The first-order chi connectivity index (χ1) is 12.1. The minimum Gasteiger partial charge on any atom is -0.358 e. The van der Waals surface area contributed by atoms with Crippen molar-refractivity contribution >= 4 is 17.3 Å². The summed E-state index contributed by atoms with van der Waals surface area (Å²) in [5.41, 5.74) is 1.25. The molecule has 0 aromatic heterocycles. The Balaban J connectivity index is 1.42. The van der Waals surface area contributed by atoms with Gasteiger partial charge < -0.3 is 15.1 Å². The average molecular weight is 346 g/mol. The summed E-state index contributed by atoms with van der Waals surface area (Å²) in [6.45, 7) is 4.03. The SMILES string of the molecule is O=C(CC[NH+]1CCN(c2ccccc2F)CC1)Nc1ccc(F)cc1. The van der Waals surface area contributed by atoms with Gasteiger partial charge in [-0.15, -0.1) is 0 Å². The Morgan fingerprint density at radius 3 is 2.40 bits per heavy atom. The first-order valence-electron chi connectivity index (χ1n) is 8.50. The summed E-state index contributed by atoms with van der Waals surface area (Å²) in [5.74, 6) is -0.588. The lowest BCUT2D eigenvalue weighted by Crippen LogP contribution is -3.15. The molecule has 1 heterocycles. The second-order valence-electron chi connectivity index (χ2n) is 6.24. The molecule has 0 atom stereocenters. The van der Waals surface area contributed by atoms with Gasteiger partial charge in [0.1, 0.15) is 11.6 Å². The second-order valence-corrected chi connectivity index (χ2v) is 6.24. The fourth-order valence-electron chi connectivity index (χ4n) is 3.07. The smallest absolute Gasteiger partial charge is 0.230 e. The van der Waals surface area contributed by atoms with E-state index in [2.05, 4.69) is 10.2 Å². The minimum atomic E-state index is -0.324. The van der Waals surface area contributed by atoms with Crippen molar-refractivity contribution in [3.05, 3.63) is 60.2 Å². The molecule has 0 unspecified atom stereocenters. The van der Waals surface area contributed by atoms with E-state index in [1.165, 1.54) is 23.1 Å². The monoisotopic (exact) mass is 346 g/mol. The van der Waals surface area contributed by atoms with Crippen LogP contribution < -0.4 is 15.1 Å². The number of piperazine rings is 1. The largest absolute Gasteiger partial charge is 0.358 e. The summed E-state index contributed by atoms with van der Waals surface area (Å²) in [6, 6.07) is 12.6. The van der Waals surface area contributed by atoms with Crippen molar-refractivity contribution in [3.63, 3.8) is 0 Å². The summed E-state index contributed by atoms with van der Waals surface area (Å²) in [7, 11) is 0. The molecule has 132 valence electrons. The van der Waals surface area contributed by atoms with Crippen molar-refractivity contribution in [2.24, 2.45) is 0 Å². The van der Waals surface area contributed by atoms with Crippen LogP contribution >= 0.6 is 0 Å². The van der Waals surface area contributed by atoms with Gasteiger partial charge in [0.05, 0.1) is 44.8 Å². The van der Waals surface area contributed by atoms with E-state index in [-0.39, 0.29) is 17.5 Å². The zero-order valence-electron chi connectivity index (χ0n) is 14.0. The zero-order chi connectivity index (χ0) is 17.6. The predicted molar refractivity (Wildman–Crippen MR) is 93.8 cm³/mol. The van der Waals surface area contributed by atoms with E-state index in [1.54, 1.807) is 24.3 Å². The van der Waals surface area contributed by atoms with Crippen LogP contribution in [0.3, 0.4) is 0 Å². The number of para-hydroxylation sites is 1. The van der Waals surface area contributed by atoms with Crippen molar-refractivity contribution in [1.82, 2.24) is 0 Å². The first kappa shape index (κ1) is 17.4. The molecule has 1 aliphatic heterocycles. The molecule has 0 saturated carbocycles. The Kier molecular flexibility index (Phi) is 5.60. The van der Waals surface area contributed by atoms with Gasteiger partial charge in [-0.05, 0) is 36.4 Å². The topological polar surface area (TPSA) is 36.8 Å². The van der Waals surface area contributed by atoms with Gasteiger partial charge in [-0.1, -0.05) is 12.1 Å². The molecule has 1 aliphatic rings. The number of nitrogens with zero attached hydrogens (tertiary/aromatic N) is 1. The lowest BCUT2D eigenvalue weighted by molar-refractivity contribution is -0.900. The molecule has 2 N–H and O–H groups in total. The maximum absolute atomic E-state index is 13.8. The van der Waals surface area contributed by atoms with Crippen molar-refractivity contribution in [2.75, 3.05) is 42.9 Å². The number of rotatable bonds is 5. The van der Waals surface area contributed by atoms with E-state index in [0.29, 0.717) is 17.8 Å². The van der Waals surface area contributed by atoms with Crippen LogP contribution in [0, 0.1) is 11.6 Å². The molecule has 0 radical (unpaired) electrons. The highest BCUT2D eigenvalue weighted by Crippen LogP contribution is 2.18. The van der Waals surface area contributed by atoms with E-state index in [1.807, 2.05) is 6.07 Å². The molecule has 25 heavy (non-hydrogen) atoms. The van der Waals surface area contributed by atoms with Crippen LogP contribution in [0.15, 0.2) is 48.5 Å². The number of halogens is 2. The number of carbonyl (C=O) groups is 1. The van der Waals surface area contributed by atoms with E-state index in [0.717, 1.165) is 32.7 Å². The van der Waals surface area contributed by atoms with Gasteiger partial charge in [0, 0.05) is 5.69 Å². The van der Waals surface area contributed by atoms with Crippen LogP contribution in [0.5, 0.6) is 0 Å². The quantitative estimate of drug-likeness (QED) is 0.865. The van der Waals surface area contributed by atoms with Crippen LogP contribution in [-0.2, 0) is 4.79 Å². The highest BCUT2D eigenvalue weighted by Gasteiger charge is 2.22. The maximum atomic E-state index is 13.8. The Bertz CT molecular complexity index is 713. The van der Waals surface area contributed by atoms with Crippen molar-refractivity contribution in [3.8, 4) is 0 Å². The molecule has 0 bridgehead atoms. The van der Waals surface area contributed by atoms with Gasteiger partial charge in [-0.2, -0.15) is 0 Å². The van der Waals surface area contributed by atoms with Gasteiger partial charge in [-0.25, -0.2) is 8.78 Å². The summed E-state index contributed by atoms with van der Waals surface area (Å²) < 4.78 is 26.7. The number of nitrogens with one attached hydrogen (secondary N) is 2. The summed E-state index contributed by atoms with van der Waals surface area (Å²) in [6.07, 6.45) is 0.409. The number of hydrogen-bond acceptors (Lipinski definition) is 2. The third kappa shape index (κ3) is 4.76. The molecular formula is C19H22F2N3O+. The molecule has 2 aromatic rings. The van der Waals surface area contributed by atoms with E-state index >= 15 is 0 Å². The molecule has 4 nitrogen and oxygen atoms in total. The van der Waals surface area contributed by atoms with Gasteiger partial charge >= 0.3 is 0 Å². The number of carbonyl (C=O) groups excluding carboxylic acids is 1. The van der Waals surface area contributed by atoms with Crippen LogP contribution in [0.4, 0.5) is 20.2 Å². The fourth-order valence-corrected chi connectivity index (χ4v) is 3.07. The predicted octanol–water partition coefficient (Wildman–Crippen LogP) is 1.70. The number of amides is 1. The second kappa shape index (κ2) is 8.07. The standard InChI is InChI=1S/C19H21F2N3O/c20-15-5-7-16(8-6-15)22-19(25)9-10-23-11-13-24(14-12-23)18-4-2-1-3-17(18)21/h1-8H,9-14H2,(H,22,25)/p+1. The highest BCUT2D eigenvalue weighted by molar-refractivity contribution is 5.90. The summed E-state index contributed by atoms with van der Waals surface area (Å²) in [4.78, 5) is 15.4. The molecule has 3 rings (SSSR count). The van der Waals surface area contributed by atoms with Crippen LogP contribution in [-0.4, -0.2) is 38.6 Å². The number of anilines is 2. The third-order valence-electron chi connectivity index (χ3n) is 4.50. The molecule has 0 spiro atoms. The van der Waals surface area contributed by atoms with Gasteiger partial charge in [-0.3, -0.25) is 4.79 Å². The Hall–Kier alpha value is -2.47. The number of quaternary nitrogens is 1. The molecule has 2 aromatic carbocycles. The van der Waals surface area contributed by atoms with Crippen molar-refractivity contribution in [2.45, 2.75) is 6.42 Å². The van der Waals surface area contributed by atoms with Crippen molar-refractivity contribution < 1.29 is 18.5 Å². The minimum absolute atomic E-state index is 0.0735. The molecule has 1 fully saturated rings. The highest BCUT2D eigenvalue weighted by atomic mass is 19.1. The zero-order valence-corrected chi connectivity index (χ0v) is 14.0. The van der Waals surface area contributed by atoms with E-state index < -0.39 is 0 Å².